The van der Waals surface area contributed by atoms with Crippen LogP contribution in [0.25, 0.3) is 11.1 Å². The number of nitriles is 1. The second-order valence-electron chi connectivity index (χ2n) is 6.96. The normalized spacial score (nSPS) is 17.1. The van der Waals surface area contributed by atoms with Crippen molar-refractivity contribution in [1.29, 1.82) is 5.26 Å². The third-order valence-corrected chi connectivity index (χ3v) is 5.68. The number of anilines is 2. The van der Waals surface area contributed by atoms with Gasteiger partial charge in [-0.2, -0.15) is 16.6 Å². The summed E-state index contributed by atoms with van der Waals surface area (Å²) in [5.41, 5.74) is 3.69. The maximum atomic E-state index is 12.9. The Kier molecular flexibility index (Phi) is 6.09. The van der Waals surface area contributed by atoms with E-state index < -0.39 is 24.0 Å². The van der Waals surface area contributed by atoms with E-state index in [0.717, 1.165) is 11.1 Å². The molecule has 4 rings (SSSR count). The highest BCUT2D eigenvalue weighted by Crippen LogP contribution is 2.27. The summed E-state index contributed by atoms with van der Waals surface area (Å²) in [6, 6.07) is 17.8. The largest absolute Gasteiger partial charge is 0.380 e. The number of carbonyl (C=O) groups is 2. The average molecular weight is 433 g/mol. The molecular weight excluding hydrogens is 414 g/mol. The lowest BCUT2D eigenvalue weighted by Crippen LogP contribution is -2.55. The fourth-order valence-electron chi connectivity index (χ4n) is 3.33. The topological polar surface area (TPSA) is 103 Å². The molecule has 1 aromatic heterocycles. The predicted octanol–water partition coefficient (Wildman–Crippen LogP) is 3.02. The monoisotopic (exact) mass is 433 g/mol. The van der Waals surface area contributed by atoms with Gasteiger partial charge >= 0.3 is 0 Å². The number of ether oxygens (including phenoxy) is 1. The molecule has 0 bridgehead atoms. The molecule has 2 heterocycles. The zero-order valence-electron chi connectivity index (χ0n) is 16.4. The maximum absolute atomic E-state index is 12.9. The van der Waals surface area contributed by atoms with Crippen LogP contribution in [0.5, 0.6) is 0 Å². The summed E-state index contributed by atoms with van der Waals surface area (Å²) >= 11 is 1.61. The quantitative estimate of drug-likeness (QED) is 0.644. The van der Waals surface area contributed by atoms with Crippen LogP contribution in [0.2, 0.25) is 0 Å². The van der Waals surface area contributed by atoms with Crippen molar-refractivity contribution in [3.05, 3.63) is 70.9 Å². The van der Waals surface area contributed by atoms with Gasteiger partial charge in [-0.05, 0) is 64.4 Å². The Labute approximate surface area is 183 Å². The van der Waals surface area contributed by atoms with Crippen molar-refractivity contribution in [1.82, 2.24) is 0 Å². The number of benzene rings is 2. The zero-order valence-corrected chi connectivity index (χ0v) is 17.2. The molecule has 2 amide bonds. The van der Waals surface area contributed by atoms with E-state index in [-0.39, 0.29) is 6.61 Å². The third kappa shape index (κ3) is 4.49. The second-order valence-corrected chi connectivity index (χ2v) is 7.74. The van der Waals surface area contributed by atoms with Crippen LogP contribution >= 0.6 is 11.3 Å². The van der Waals surface area contributed by atoms with Gasteiger partial charge in [-0.1, -0.05) is 12.1 Å². The summed E-state index contributed by atoms with van der Waals surface area (Å²) in [6.45, 7) is 0.529. The highest BCUT2D eigenvalue weighted by atomic mass is 32.1. The van der Waals surface area contributed by atoms with E-state index in [4.69, 9.17) is 10.00 Å². The Morgan fingerprint density at radius 1 is 1.16 bits per heavy atom. The number of rotatable bonds is 5. The van der Waals surface area contributed by atoms with Gasteiger partial charge in [0.05, 0.1) is 18.2 Å². The summed E-state index contributed by atoms with van der Waals surface area (Å²) in [7, 11) is 0. The lowest BCUT2D eigenvalue weighted by molar-refractivity contribution is -0.150. The molecule has 3 aromatic rings. The minimum atomic E-state index is -1.67. The van der Waals surface area contributed by atoms with Gasteiger partial charge in [0.25, 0.3) is 11.8 Å². The van der Waals surface area contributed by atoms with E-state index in [2.05, 4.69) is 5.32 Å². The molecular formula is C23H19N3O4S. The van der Waals surface area contributed by atoms with Gasteiger partial charge in [0, 0.05) is 17.9 Å². The zero-order chi connectivity index (χ0) is 21.8. The minimum absolute atomic E-state index is 0.198. The molecule has 2 atom stereocenters. The van der Waals surface area contributed by atoms with Crippen LogP contribution in [0, 0.1) is 11.3 Å². The van der Waals surface area contributed by atoms with E-state index in [9.17, 15) is 14.7 Å². The third-order valence-electron chi connectivity index (χ3n) is 4.99. The fourth-order valence-corrected chi connectivity index (χ4v) is 4.00. The molecule has 1 fully saturated rings. The van der Waals surface area contributed by atoms with Crippen LogP contribution in [-0.2, 0) is 14.3 Å². The van der Waals surface area contributed by atoms with E-state index in [1.54, 1.807) is 35.6 Å². The molecule has 0 radical (unpaired) electrons. The van der Waals surface area contributed by atoms with Gasteiger partial charge in [-0.25, -0.2) is 0 Å². The SMILES string of the molecule is N#Cc1ccc(NC(=O)C(O)[C@H]2OCCN(c3ccc(-c4ccsc4)cc3)C2=O)cc1. The molecule has 1 saturated heterocycles. The van der Waals surface area contributed by atoms with Crippen molar-refractivity contribution in [2.45, 2.75) is 12.2 Å². The van der Waals surface area contributed by atoms with Crippen molar-refractivity contribution >= 4 is 34.5 Å². The number of carbonyl (C=O) groups excluding carboxylic acids is 2. The number of morpholine rings is 1. The molecule has 1 aliphatic heterocycles. The van der Waals surface area contributed by atoms with E-state index in [0.29, 0.717) is 23.5 Å². The smallest absolute Gasteiger partial charge is 0.259 e. The Balaban J connectivity index is 1.44. The van der Waals surface area contributed by atoms with Gasteiger partial charge in [-0.15, -0.1) is 0 Å². The molecule has 0 spiro atoms. The number of hydrogen-bond donors (Lipinski definition) is 2. The van der Waals surface area contributed by atoms with E-state index in [1.165, 1.54) is 4.90 Å². The first-order chi connectivity index (χ1) is 15.1. The first-order valence-electron chi connectivity index (χ1n) is 9.61. The van der Waals surface area contributed by atoms with Crippen molar-refractivity contribution in [2.24, 2.45) is 0 Å². The molecule has 0 saturated carbocycles. The number of aliphatic hydroxyl groups is 1. The number of amides is 2. The number of hydrogen-bond acceptors (Lipinski definition) is 6. The van der Waals surface area contributed by atoms with Crippen LogP contribution in [0.3, 0.4) is 0 Å². The van der Waals surface area contributed by atoms with Crippen LogP contribution in [0.4, 0.5) is 11.4 Å². The summed E-state index contributed by atoms with van der Waals surface area (Å²) in [5, 5.41) is 25.9. The second kappa shape index (κ2) is 9.10. The maximum Gasteiger partial charge on any atom is 0.259 e. The predicted molar refractivity (Wildman–Crippen MR) is 118 cm³/mol. The number of nitrogens with zero attached hydrogens (tertiary/aromatic N) is 2. The van der Waals surface area contributed by atoms with Crippen LogP contribution in [-0.4, -0.2) is 42.3 Å². The summed E-state index contributed by atoms with van der Waals surface area (Å²) < 4.78 is 5.44. The van der Waals surface area contributed by atoms with Gasteiger partial charge in [0.15, 0.2) is 12.2 Å². The van der Waals surface area contributed by atoms with Crippen LogP contribution in [0.15, 0.2) is 65.4 Å². The lowest BCUT2D eigenvalue weighted by atomic mass is 10.1. The Morgan fingerprint density at radius 3 is 2.55 bits per heavy atom. The van der Waals surface area contributed by atoms with Gasteiger partial charge < -0.3 is 20.1 Å². The standard InChI is InChI=1S/C23H19N3O4S/c24-13-15-1-5-18(6-2-15)25-22(28)20(27)21-23(29)26(10-11-30-21)19-7-3-16(4-8-19)17-9-12-31-14-17/h1-9,12,14,20-21,27H,10-11H2,(H,25,28)/t20?,21-/m1/s1. The molecule has 7 nitrogen and oxygen atoms in total. The summed E-state index contributed by atoms with van der Waals surface area (Å²) in [6.07, 6.45) is -2.97. The molecule has 2 aromatic carbocycles. The molecule has 1 unspecified atom stereocenters. The van der Waals surface area contributed by atoms with Gasteiger partial charge in [0.2, 0.25) is 0 Å². The van der Waals surface area contributed by atoms with Gasteiger partial charge in [0.1, 0.15) is 0 Å². The Bertz CT molecular complexity index is 1110. The first kappa shape index (κ1) is 20.8. The molecule has 1 aliphatic rings. The Hall–Kier alpha value is -3.51. The van der Waals surface area contributed by atoms with Crippen molar-refractivity contribution in [3.63, 3.8) is 0 Å². The van der Waals surface area contributed by atoms with E-state index >= 15 is 0 Å². The number of aliphatic hydroxyl groups excluding tert-OH is 1. The summed E-state index contributed by atoms with van der Waals surface area (Å²) in [5.74, 6) is -1.23. The average Bonchev–Trinajstić information content (AvgIpc) is 3.34. The fraction of sp³-hybridized carbons (Fsp3) is 0.174. The highest BCUT2D eigenvalue weighted by molar-refractivity contribution is 7.08. The first-order valence-corrected chi connectivity index (χ1v) is 10.6. The van der Waals surface area contributed by atoms with Crippen molar-refractivity contribution in [3.8, 4) is 17.2 Å². The highest BCUT2D eigenvalue weighted by Gasteiger charge is 2.39. The number of nitrogens with one attached hydrogen (secondary N) is 1. The van der Waals surface area contributed by atoms with Crippen molar-refractivity contribution in [2.75, 3.05) is 23.4 Å². The molecule has 156 valence electrons. The molecule has 2 N–H and O–H groups in total. The van der Waals surface area contributed by atoms with Crippen LogP contribution < -0.4 is 10.2 Å². The molecule has 8 heteroatoms. The summed E-state index contributed by atoms with van der Waals surface area (Å²) in [4.78, 5) is 26.9. The van der Waals surface area contributed by atoms with Crippen molar-refractivity contribution < 1.29 is 19.4 Å². The Morgan fingerprint density at radius 2 is 1.90 bits per heavy atom. The van der Waals surface area contributed by atoms with E-state index in [1.807, 2.05) is 47.2 Å². The number of thiophene rings is 1. The van der Waals surface area contributed by atoms with Crippen LogP contribution in [0.1, 0.15) is 5.56 Å². The minimum Gasteiger partial charge on any atom is -0.380 e. The lowest BCUT2D eigenvalue weighted by Gasteiger charge is -2.34. The molecule has 0 aliphatic carbocycles. The molecule has 31 heavy (non-hydrogen) atoms. The van der Waals surface area contributed by atoms with Gasteiger partial charge in [-0.3, -0.25) is 9.59 Å².